The van der Waals surface area contributed by atoms with Crippen LogP contribution in [0.5, 0.6) is 5.75 Å². The van der Waals surface area contributed by atoms with Crippen LogP contribution in [-0.4, -0.2) is 61.2 Å². The van der Waals surface area contributed by atoms with Crippen molar-refractivity contribution in [3.05, 3.63) is 75.7 Å². The van der Waals surface area contributed by atoms with Crippen LogP contribution >= 0.6 is 11.6 Å². The van der Waals surface area contributed by atoms with Gasteiger partial charge in [0.25, 0.3) is 0 Å². The Morgan fingerprint density at radius 3 is 2.50 bits per heavy atom. The second-order valence-electron chi connectivity index (χ2n) is 10.7. The van der Waals surface area contributed by atoms with Crippen molar-refractivity contribution in [2.75, 3.05) is 43.0 Å². The van der Waals surface area contributed by atoms with Crippen LogP contribution in [0.25, 0.3) is 5.69 Å². The minimum absolute atomic E-state index is 0.0535. The Morgan fingerprint density at radius 2 is 1.82 bits per heavy atom. The highest BCUT2D eigenvalue weighted by Crippen LogP contribution is 2.45. The van der Waals surface area contributed by atoms with Gasteiger partial charge < -0.3 is 15.0 Å². The second kappa shape index (κ2) is 11.2. The molecule has 10 nitrogen and oxygen atoms in total. The summed E-state index contributed by atoms with van der Waals surface area (Å²) in [6.07, 6.45) is 3.69. The molecule has 0 bridgehead atoms. The zero-order valence-corrected chi connectivity index (χ0v) is 24.0. The number of nitrogens with zero attached hydrogens (tertiary/aromatic N) is 4. The van der Waals surface area contributed by atoms with E-state index in [4.69, 9.17) is 16.3 Å². The van der Waals surface area contributed by atoms with Gasteiger partial charge in [-0.15, -0.1) is 0 Å². The Labute approximate surface area is 238 Å². The number of carbonyl (C=O) groups excluding carboxylic acids is 1. The van der Waals surface area contributed by atoms with Gasteiger partial charge in [-0.2, -0.15) is 14.1 Å². The third-order valence-electron chi connectivity index (χ3n) is 7.21. The van der Waals surface area contributed by atoms with Crippen LogP contribution in [-0.2, 0) is 20.6 Å². The van der Waals surface area contributed by atoms with Crippen molar-refractivity contribution in [3.8, 4) is 11.4 Å². The van der Waals surface area contributed by atoms with Crippen molar-refractivity contribution in [1.82, 2.24) is 14.1 Å². The van der Waals surface area contributed by atoms with Crippen LogP contribution in [0, 0.1) is 5.41 Å². The summed E-state index contributed by atoms with van der Waals surface area (Å²) in [6.45, 7) is 5.20. The number of rotatable bonds is 9. The first-order valence-corrected chi connectivity index (χ1v) is 15.1. The zero-order chi connectivity index (χ0) is 28.5. The average Bonchev–Trinajstić information content (AvgIpc) is 3.64. The fourth-order valence-electron chi connectivity index (χ4n) is 4.64. The molecule has 5 rings (SSSR count). The van der Waals surface area contributed by atoms with Crippen LogP contribution in [0.3, 0.4) is 0 Å². The Morgan fingerprint density at radius 1 is 1.10 bits per heavy atom. The molecule has 1 aliphatic heterocycles. The molecule has 1 aliphatic carbocycles. The molecular formula is C28H32ClN5O5S. The minimum Gasteiger partial charge on any atom is -0.486 e. The molecule has 0 spiro atoms. The number of anilines is 2. The summed E-state index contributed by atoms with van der Waals surface area (Å²) >= 11 is 6.15. The highest BCUT2D eigenvalue weighted by atomic mass is 35.5. The van der Waals surface area contributed by atoms with E-state index in [0.29, 0.717) is 47.3 Å². The maximum Gasteiger partial charge on any atom is 0.316 e. The number of piperazine rings is 1. The van der Waals surface area contributed by atoms with E-state index < -0.39 is 15.6 Å². The van der Waals surface area contributed by atoms with Gasteiger partial charge in [0.05, 0.1) is 24.2 Å². The number of halogens is 1. The van der Waals surface area contributed by atoms with Crippen LogP contribution in [0.4, 0.5) is 11.4 Å². The van der Waals surface area contributed by atoms with E-state index in [-0.39, 0.29) is 35.9 Å². The van der Waals surface area contributed by atoms with E-state index in [9.17, 15) is 18.0 Å². The number of benzene rings is 2. The maximum atomic E-state index is 13.6. The van der Waals surface area contributed by atoms with Gasteiger partial charge in [0.2, 0.25) is 21.7 Å². The molecule has 1 aromatic heterocycles. The maximum absolute atomic E-state index is 13.6. The molecule has 1 saturated heterocycles. The van der Waals surface area contributed by atoms with Gasteiger partial charge in [-0.05, 0) is 48.7 Å². The number of hydrogen-bond acceptors (Lipinski definition) is 7. The van der Waals surface area contributed by atoms with Gasteiger partial charge in [0, 0.05) is 49.2 Å². The van der Waals surface area contributed by atoms with Crippen LogP contribution in [0.2, 0.25) is 5.02 Å². The Bertz CT molecular complexity index is 1580. The van der Waals surface area contributed by atoms with Gasteiger partial charge in [-0.25, -0.2) is 8.42 Å². The minimum atomic E-state index is -3.60. The van der Waals surface area contributed by atoms with Crippen molar-refractivity contribution >= 4 is 38.9 Å². The lowest BCUT2D eigenvalue weighted by Crippen LogP contribution is -2.49. The molecule has 12 heteroatoms. The number of sulfonamides is 1. The fourth-order valence-corrected chi connectivity index (χ4v) is 6.32. The summed E-state index contributed by atoms with van der Waals surface area (Å²) in [5.41, 5.74) is 1.89. The van der Waals surface area contributed by atoms with Gasteiger partial charge in [-0.1, -0.05) is 36.7 Å². The Balaban J connectivity index is 1.33. The molecule has 2 heterocycles. The first-order chi connectivity index (χ1) is 19.0. The third kappa shape index (κ3) is 6.48. The molecule has 1 saturated carbocycles. The summed E-state index contributed by atoms with van der Waals surface area (Å²) in [5, 5.41) is 7.57. The van der Waals surface area contributed by atoms with Gasteiger partial charge in [0.15, 0.2) is 0 Å². The number of carbonyl (C=O) groups is 1. The Kier molecular flexibility index (Phi) is 7.89. The molecule has 2 fully saturated rings. The Hall–Kier alpha value is -3.41. The smallest absolute Gasteiger partial charge is 0.316 e. The predicted molar refractivity (Wildman–Crippen MR) is 155 cm³/mol. The number of ether oxygens (including phenoxy) is 1. The fraction of sp³-hybridized carbons (Fsp3) is 0.393. The molecule has 40 heavy (non-hydrogen) atoms. The van der Waals surface area contributed by atoms with Gasteiger partial charge >= 0.3 is 5.56 Å². The first-order valence-electron chi connectivity index (χ1n) is 13.1. The second-order valence-corrected chi connectivity index (χ2v) is 13.1. The molecular weight excluding hydrogens is 554 g/mol. The van der Waals surface area contributed by atoms with E-state index >= 15 is 0 Å². The largest absolute Gasteiger partial charge is 0.486 e. The average molecular weight is 586 g/mol. The summed E-state index contributed by atoms with van der Waals surface area (Å²) in [4.78, 5) is 26.9. The number of hydrogen-bond donors (Lipinski definition) is 1. The molecule has 212 valence electrons. The lowest BCUT2D eigenvalue weighted by Gasteiger charge is -2.35. The van der Waals surface area contributed by atoms with Crippen molar-refractivity contribution in [3.63, 3.8) is 0 Å². The SMILES string of the molecule is CC(=O)Nc1cccc(CS(=O)(=O)N2CCN(c3cnn(-c4cccc(Cl)c4)c(=O)c3OCC3(C)CC3)CC2)c1. The van der Waals surface area contributed by atoms with E-state index in [1.807, 2.05) is 4.90 Å². The summed E-state index contributed by atoms with van der Waals surface area (Å²) in [7, 11) is -3.60. The summed E-state index contributed by atoms with van der Waals surface area (Å²) in [6, 6.07) is 13.7. The summed E-state index contributed by atoms with van der Waals surface area (Å²) < 4.78 is 35.3. The standard InChI is InChI=1S/C28H32ClN5O5S/c1-20(35)31-23-7-3-5-21(15-23)18-40(37,38)33-13-11-32(12-14-33)25-17-30-34(24-8-4-6-22(29)16-24)27(36)26(25)39-19-28(2)9-10-28/h3-8,15-17H,9-14,18-19H2,1-2H3,(H,31,35). The highest BCUT2D eigenvalue weighted by Gasteiger charge is 2.39. The van der Waals surface area contributed by atoms with Crippen molar-refractivity contribution < 1.29 is 17.9 Å². The van der Waals surface area contributed by atoms with E-state index in [2.05, 4.69) is 17.3 Å². The molecule has 1 N–H and O–H groups in total. The lowest BCUT2D eigenvalue weighted by atomic mass is 10.2. The number of aromatic nitrogens is 2. The normalized spacial score (nSPS) is 16.9. The zero-order valence-electron chi connectivity index (χ0n) is 22.5. The highest BCUT2D eigenvalue weighted by molar-refractivity contribution is 7.88. The molecule has 1 amide bonds. The van der Waals surface area contributed by atoms with Crippen molar-refractivity contribution in [1.29, 1.82) is 0 Å². The van der Waals surface area contributed by atoms with E-state index in [0.717, 1.165) is 12.8 Å². The quantitative estimate of drug-likeness (QED) is 0.407. The molecule has 0 atom stereocenters. The van der Waals surface area contributed by atoms with Gasteiger partial charge in [-0.3, -0.25) is 9.59 Å². The number of nitrogens with one attached hydrogen (secondary N) is 1. The predicted octanol–water partition coefficient (Wildman–Crippen LogP) is 3.68. The molecule has 0 unspecified atom stereocenters. The van der Waals surface area contributed by atoms with Crippen LogP contribution in [0.15, 0.2) is 59.5 Å². The van der Waals surface area contributed by atoms with Crippen molar-refractivity contribution in [2.24, 2.45) is 5.41 Å². The third-order valence-corrected chi connectivity index (χ3v) is 9.29. The van der Waals surface area contributed by atoms with E-state index in [1.165, 1.54) is 15.9 Å². The van der Waals surface area contributed by atoms with Crippen molar-refractivity contribution in [2.45, 2.75) is 32.4 Å². The molecule has 2 aliphatic rings. The molecule has 0 radical (unpaired) electrons. The summed E-state index contributed by atoms with van der Waals surface area (Å²) in [5.74, 6) is -0.195. The van der Waals surface area contributed by atoms with Gasteiger partial charge in [0.1, 0.15) is 5.69 Å². The molecule has 2 aromatic carbocycles. The van der Waals surface area contributed by atoms with Crippen LogP contribution in [0.1, 0.15) is 32.3 Å². The molecule has 3 aromatic rings. The number of amides is 1. The monoisotopic (exact) mass is 585 g/mol. The lowest BCUT2D eigenvalue weighted by molar-refractivity contribution is -0.114. The van der Waals surface area contributed by atoms with E-state index in [1.54, 1.807) is 54.7 Å². The topological polar surface area (TPSA) is 114 Å². The van der Waals surface area contributed by atoms with Crippen LogP contribution < -0.4 is 20.5 Å². The first kappa shape index (κ1) is 28.1.